The summed E-state index contributed by atoms with van der Waals surface area (Å²) in [5, 5.41) is 0. The molecule has 0 fully saturated rings. The van der Waals surface area contributed by atoms with Crippen LogP contribution in [-0.2, 0) is 28.5 Å². The third kappa shape index (κ3) is 10.0. The fraction of sp³-hybridized carbons (Fsp3) is 0.667. The highest BCUT2D eigenvalue weighted by Crippen LogP contribution is 2.16. The van der Waals surface area contributed by atoms with Crippen LogP contribution < -0.4 is 0 Å². The molecule has 7 heteroatoms. The molecule has 0 aliphatic rings. The van der Waals surface area contributed by atoms with E-state index in [0.29, 0.717) is 13.2 Å². The molecule has 0 aromatic carbocycles. The average molecular weight is 358 g/mol. The molecule has 0 aromatic rings. The Balaban J connectivity index is 4.31. The van der Waals surface area contributed by atoms with Crippen LogP contribution in [0.1, 0.15) is 26.7 Å². The Morgan fingerprint density at radius 1 is 0.880 bits per heavy atom. The molecule has 144 valence electrons. The molecular weight excluding hydrogens is 326 g/mol. The fourth-order valence-corrected chi connectivity index (χ4v) is 1.71. The van der Waals surface area contributed by atoms with E-state index in [-0.39, 0.29) is 42.5 Å². The van der Waals surface area contributed by atoms with Crippen molar-refractivity contribution in [3.05, 3.63) is 25.3 Å². The van der Waals surface area contributed by atoms with E-state index in [0.717, 1.165) is 0 Å². The van der Waals surface area contributed by atoms with Crippen molar-refractivity contribution in [2.24, 2.45) is 0 Å². The van der Waals surface area contributed by atoms with Crippen molar-refractivity contribution in [3.63, 3.8) is 0 Å². The van der Waals surface area contributed by atoms with Crippen molar-refractivity contribution < 1.29 is 33.0 Å². The number of esters is 2. The largest absolute Gasteiger partial charge is 0.413 e. The minimum atomic E-state index is -0.480. The second kappa shape index (κ2) is 12.6. The van der Waals surface area contributed by atoms with E-state index in [2.05, 4.69) is 13.2 Å². The second-order valence-electron chi connectivity index (χ2n) is 6.03. The van der Waals surface area contributed by atoms with Crippen LogP contribution in [0.2, 0.25) is 0 Å². The molecule has 0 aliphatic heterocycles. The molecule has 0 rings (SSSR count). The molecule has 0 heterocycles. The zero-order valence-electron chi connectivity index (χ0n) is 15.9. The minimum Gasteiger partial charge on any atom is -0.413 e. The molecule has 0 radical (unpaired) electrons. The Kier molecular flexibility index (Phi) is 11.8. The van der Waals surface area contributed by atoms with Crippen molar-refractivity contribution in [3.8, 4) is 0 Å². The molecule has 2 atom stereocenters. The van der Waals surface area contributed by atoms with E-state index in [1.54, 1.807) is 26.0 Å². The maximum Gasteiger partial charge on any atom is 0.312 e. The van der Waals surface area contributed by atoms with E-state index in [9.17, 15) is 9.59 Å². The first-order valence-electron chi connectivity index (χ1n) is 8.35. The molecule has 0 N–H and O–H groups in total. The van der Waals surface area contributed by atoms with Crippen molar-refractivity contribution in [1.29, 1.82) is 0 Å². The lowest BCUT2D eigenvalue weighted by Crippen LogP contribution is -2.56. The predicted octanol–water partition coefficient (Wildman–Crippen LogP) is 2.03. The normalized spacial score (nSPS) is 13.6. The summed E-state index contributed by atoms with van der Waals surface area (Å²) < 4.78 is 21.3. The Bertz CT molecular complexity index is 397. The van der Waals surface area contributed by atoms with Crippen LogP contribution >= 0.6 is 0 Å². The van der Waals surface area contributed by atoms with E-state index in [1.807, 2.05) is 14.1 Å². The van der Waals surface area contributed by atoms with Crippen molar-refractivity contribution in [2.45, 2.75) is 39.1 Å². The fourth-order valence-electron chi connectivity index (χ4n) is 1.71. The maximum absolute atomic E-state index is 11.8. The van der Waals surface area contributed by atoms with E-state index >= 15 is 0 Å². The van der Waals surface area contributed by atoms with Crippen molar-refractivity contribution >= 4 is 11.9 Å². The Hall–Kier alpha value is -1.70. The summed E-state index contributed by atoms with van der Waals surface area (Å²) in [6.07, 6.45) is 2.59. The van der Waals surface area contributed by atoms with Crippen molar-refractivity contribution in [1.82, 2.24) is 0 Å². The van der Waals surface area contributed by atoms with Gasteiger partial charge in [-0.15, -0.1) is 13.2 Å². The number of nitrogens with zero attached hydrogens (tertiary/aromatic N) is 1. The van der Waals surface area contributed by atoms with E-state index in [4.69, 9.17) is 18.9 Å². The van der Waals surface area contributed by atoms with Crippen LogP contribution in [0, 0.1) is 0 Å². The average Bonchev–Trinajstić information content (AvgIpc) is 2.55. The van der Waals surface area contributed by atoms with Crippen LogP contribution in [0.15, 0.2) is 25.3 Å². The van der Waals surface area contributed by atoms with Gasteiger partial charge in [0.1, 0.15) is 0 Å². The molecular formula is C18H32NO6+. The molecule has 0 bridgehead atoms. The number of ether oxygens (including phenoxy) is 4. The van der Waals surface area contributed by atoms with Crippen LogP contribution in [-0.4, -0.2) is 69.4 Å². The number of carbonyl (C=O) groups excluding carboxylic acids is 2. The van der Waals surface area contributed by atoms with Gasteiger partial charge in [-0.25, -0.2) is 0 Å². The molecule has 0 saturated heterocycles. The van der Waals surface area contributed by atoms with Crippen LogP contribution in [0.5, 0.6) is 0 Å². The highest BCUT2D eigenvalue weighted by Gasteiger charge is 2.35. The summed E-state index contributed by atoms with van der Waals surface area (Å²) in [6, 6.07) is 0. The van der Waals surface area contributed by atoms with Crippen molar-refractivity contribution in [2.75, 3.05) is 40.5 Å². The number of rotatable bonds is 14. The SMILES string of the molecule is C=CCOCCC(=O)OC(C)[N+](C)(C)C(C)OC(=O)CCOCC=C. The van der Waals surface area contributed by atoms with Gasteiger partial charge in [0.15, 0.2) is 0 Å². The first kappa shape index (κ1) is 23.3. The van der Waals surface area contributed by atoms with E-state index < -0.39 is 12.5 Å². The van der Waals surface area contributed by atoms with Gasteiger partial charge in [-0.1, -0.05) is 12.2 Å². The van der Waals surface area contributed by atoms with E-state index in [1.165, 1.54) is 0 Å². The summed E-state index contributed by atoms with van der Waals surface area (Å²) in [4.78, 5) is 23.7. The van der Waals surface area contributed by atoms with Gasteiger partial charge in [-0.2, -0.15) is 0 Å². The number of carbonyl (C=O) groups is 2. The van der Waals surface area contributed by atoms with Gasteiger partial charge in [0, 0.05) is 13.8 Å². The van der Waals surface area contributed by atoms with Gasteiger partial charge >= 0.3 is 11.9 Å². The molecule has 0 aromatic heterocycles. The topological polar surface area (TPSA) is 71.1 Å². The second-order valence-corrected chi connectivity index (χ2v) is 6.03. The quantitative estimate of drug-likeness (QED) is 0.156. The standard InChI is InChI=1S/C18H32NO6/c1-7-11-22-13-9-17(20)24-15(3)19(5,6)16(4)25-18(21)10-14-23-12-8-2/h7-8,15-16H,1-2,9-14H2,3-6H3/q+1. The van der Waals surface area contributed by atoms with Crippen LogP contribution in [0.3, 0.4) is 0 Å². The molecule has 0 aliphatic carbocycles. The summed E-state index contributed by atoms with van der Waals surface area (Å²) in [5.41, 5.74) is 0. The summed E-state index contributed by atoms with van der Waals surface area (Å²) in [6.45, 7) is 11.9. The lowest BCUT2D eigenvalue weighted by Gasteiger charge is -2.38. The monoisotopic (exact) mass is 358 g/mol. The number of hydrogen-bond acceptors (Lipinski definition) is 6. The highest BCUT2D eigenvalue weighted by molar-refractivity contribution is 5.70. The number of hydrogen-bond donors (Lipinski definition) is 0. The van der Waals surface area contributed by atoms with Gasteiger partial charge in [0.05, 0.1) is 53.4 Å². The molecule has 0 saturated carbocycles. The first-order valence-corrected chi connectivity index (χ1v) is 8.35. The summed E-state index contributed by atoms with van der Waals surface area (Å²) >= 11 is 0. The molecule has 25 heavy (non-hydrogen) atoms. The van der Waals surface area contributed by atoms with Gasteiger partial charge in [-0.05, 0) is 0 Å². The lowest BCUT2D eigenvalue weighted by atomic mass is 10.3. The predicted molar refractivity (Wildman–Crippen MR) is 94.5 cm³/mol. The smallest absolute Gasteiger partial charge is 0.312 e. The van der Waals surface area contributed by atoms with Crippen LogP contribution in [0.25, 0.3) is 0 Å². The lowest BCUT2D eigenvalue weighted by molar-refractivity contribution is -0.971. The first-order chi connectivity index (χ1) is 11.8. The van der Waals surface area contributed by atoms with Crippen LogP contribution in [0.4, 0.5) is 0 Å². The van der Waals surface area contributed by atoms with Gasteiger partial charge in [0.25, 0.3) is 0 Å². The molecule has 7 nitrogen and oxygen atoms in total. The Morgan fingerprint density at radius 2 is 1.24 bits per heavy atom. The Labute approximate surface area is 150 Å². The minimum absolute atomic E-state index is 0.160. The van der Waals surface area contributed by atoms with Gasteiger partial charge in [-0.3, -0.25) is 14.1 Å². The molecule has 0 amide bonds. The van der Waals surface area contributed by atoms with Gasteiger partial charge < -0.3 is 18.9 Å². The third-order valence-electron chi connectivity index (χ3n) is 3.85. The Morgan fingerprint density at radius 3 is 1.56 bits per heavy atom. The highest BCUT2D eigenvalue weighted by atomic mass is 16.6. The molecule has 2 unspecified atom stereocenters. The maximum atomic E-state index is 11.8. The summed E-state index contributed by atoms with van der Waals surface area (Å²) in [5.74, 6) is -0.724. The third-order valence-corrected chi connectivity index (χ3v) is 3.85. The zero-order valence-corrected chi connectivity index (χ0v) is 15.9. The number of quaternary nitrogens is 1. The van der Waals surface area contributed by atoms with Gasteiger partial charge in [0.2, 0.25) is 12.5 Å². The zero-order chi connectivity index (χ0) is 19.3. The summed E-state index contributed by atoms with van der Waals surface area (Å²) in [7, 11) is 3.66. The molecule has 0 spiro atoms.